The Morgan fingerprint density at radius 2 is 1.71 bits per heavy atom. The number of ether oxygens (including phenoxy) is 1. The topological polar surface area (TPSA) is 26.3 Å². The van der Waals surface area contributed by atoms with Gasteiger partial charge in [-0.3, -0.25) is 4.79 Å². The van der Waals surface area contributed by atoms with Crippen molar-refractivity contribution in [3.63, 3.8) is 0 Å². The zero-order valence-corrected chi connectivity index (χ0v) is 12.4. The third-order valence-electron chi connectivity index (χ3n) is 5.95. The smallest absolute Gasteiger partial charge is 0.175 e. The Hall–Kier alpha value is -1.38. The van der Waals surface area contributed by atoms with Gasteiger partial charge in [-0.05, 0) is 68.4 Å². The molecule has 0 atom stereocenters. The van der Waals surface area contributed by atoms with E-state index in [-0.39, 0.29) is 22.5 Å². The van der Waals surface area contributed by atoms with E-state index in [1.165, 1.54) is 26.4 Å². The molecular weight excluding hydrogens is 267 g/mol. The minimum atomic E-state index is -0.485. The second-order valence-electron chi connectivity index (χ2n) is 7.35. The van der Waals surface area contributed by atoms with E-state index in [0.29, 0.717) is 17.8 Å². The van der Waals surface area contributed by atoms with E-state index < -0.39 is 5.82 Å². The molecule has 0 amide bonds. The SMILES string of the molecule is COc1cccc(C(=O)C23CC4CC(CC(C4)C2)C3)c1F. The zero-order valence-electron chi connectivity index (χ0n) is 12.4. The highest BCUT2D eigenvalue weighted by Gasteiger charge is 2.54. The number of carbonyl (C=O) groups excluding carboxylic acids is 1. The van der Waals surface area contributed by atoms with Crippen LogP contribution in [0.25, 0.3) is 0 Å². The fourth-order valence-corrected chi connectivity index (χ4v) is 5.52. The molecule has 4 saturated carbocycles. The Balaban J connectivity index is 1.72. The van der Waals surface area contributed by atoms with Gasteiger partial charge in [0.05, 0.1) is 12.7 Å². The predicted octanol–water partition coefficient (Wildman–Crippen LogP) is 4.23. The van der Waals surface area contributed by atoms with E-state index in [4.69, 9.17) is 4.74 Å². The maximum atomic E-state index is 14.5. The van der Waals surface area contributed by atoms with E-state index in [1.54, 1.807) is 18.2 Å². The molecule has 0 aromatic heterocycles. The van der Waals surface area contributed by atoms with Gasteiger partial charge < -0.3 is 4.74 Å². The van der Waals surface area contributed by atoms with Crippen LogP contribution in [0.1, 0.15) is 48.9 Å². The average molecular weight is 288 g/mol. The van der Waals surface area contributed by atoms with Gasteiger partial charge in [0.25, 0.3) is 0 Å². The predicted molar refractivity (Wildman–Crippen MR) is 77.9 cm³/mol. The van der Waals surface area contributed by atoms with Gasteiger partial charge >= 0.3 is 0 Å². The Morgan fingerprint density at radius 1 is 1.14 bits per heavy atom. The first-order valence-corrected chi connectivity index (χ1v) is 7.98. The molecule has 0 unspecified atom stereocenters. The van der Waals surface area contributed by atoms with Crippen molar-refractivity contribution in [2.75, 3.05) is 7.11 Å². The Labute approximate surface area is 124 Å². The van der Waals surface area contributed by atoms with Gasteiger partial charge in [0.1, 0.15) is 0 Å². The van der Waals surface area contributed by atoms with Crippen LogP contribution >= 0.6 is 0 Å². The van der Waals surface area contributed by atoms with Crippen LogP contribution < -0.4 is 4.74 Å². The summed E-state index contributed by atoms with van der Waals surface area (Å²) in [5.74, 6) is 1.78. The maximum Gasteiger partial charge on any atom is 0.175 e. The van der Waals surface area contributed by atoms with Crippen molar-refractivity contribution in [1.29, 1.82) is 0 Å². The summed E-state index contributed by atoms with van der Waals surface area (Å²) in [4.78, 5) is 13.1. The Kier molecular flexibility index (Phi) is 2.88. The molecule has 4 fully saturated rings. The van der Waals surface area contributed by atoms with Crippen LogP contribution in [0.4, 0.5) is 4.39 Å². The molecular formula is C18H21FO2. The lowest BCUT2D eigenvalue weighted by atomic mass is 9.48. The van der Waals surface area contributed by atoms with E-state index in [0.717, 1.165) is 19.3 Å². The van der Waals surface area contributed by atoms with E-state index in [9.17, 15) is 9.18 Å². The maximum absolute atomic E-state index is 14.5. The molecule has 4 bridgehead atoms. The van der Waals surface area contributed by atoms with Crippen LogP contribution in [0.5, 0.6) is 5.75 Å². The summed E-state index contributed by atoms with van der Waals surface area (Å²) in [7, 11) is 1.44. The molecule has 4 aliphatic carbocycles. The lowest BCUT2D eigenvalue weighted by Crippen LogP contribution is -2.50. The average Bonchev–Trinajstić information content (AvgIpc) is 2.45. The molecule has 0 radical (unpaired) electrons. The van der Waals surface area contributed by atoms with E-state index in [1.807, 2.05) is 0 Å². The van der Waals surface area contributed by atoms with Gasteiger partial charge in [-0.15, -0.1) is 0 Å². The summed E-state index contributed by atoms with van der Waals surface area (Å²) >= 11 is 0. The van der Waals surface area contributed by atoms with Crippen molar-refractivity contribution in [2.24, 2.45) is 23.2 Å². The van der Waals surface area contributed by atoms with Crippen molar-refractivity contribution >= 4 is 5.78 Å². The quantitative estimate of drug-likeness (QED) is 0.778. The summed E-state index contributed by atoms with van der Waals surface area (Å²) in [6.45, 7) is 0. The van der Waals surface area contributed by atoms with Gasteiger partial charge in [0.2, 0.25) is 0 Å². The summed E-state index contributed by atoms with van der Waals surface area (Å²) in [5.41, 5.74) is -0.0570. The third-order valence-corrected chi connectivity index (χ3v) is 5.95. The second kappa shape index (κ2) is 4.56. The number of rotatable bonds is 3. The minimum absolute atomic E-state index is 0.0259. The van der Waals surface area contributed by atoms with Gasteiger partial charge in [-0.1, -0.05) is 6.07 Å². The molecule has 0 heterocycles. The van der Waals surface area contributed by atoms with Crippen molar-refractivity contribution in [1.82, 2.24) is 0 Å². The Morgan fingerprint density at radius 3 is 2.24 bits per heavy atom. The molecule has 21 heavy (non-hydrogen) atoms. The van der Waals surface area contributed by atoms with Crippen molar-refractivity contribution in [2.45, 2.75) is 38.5 Å². The molecule has 1 aromatic rings. The second-order valence-corrected chi connectivity index (χ2v) is 7.35. The van der Waals surface area contributed by atoms with Crippen LogP contribution in [-0.4, -0.2) is 12.9 Å². The van der Waals surface area contributed by atoms with Crippen molar-refractivity contribution in [3.05, 3.63) is 29.6 Å². The number of halogens is 1. The molecule has 0 spiro atoms. The first-order valence-electron chi connectivity index (χ1n) is 7.98. The number of benzene rings is 1. The molecule has 0 N–H and O–H groups in total. The first kappa shape index (κ1) is 13.3. The summed E-state index contributed by atoms with van der Waals surface area (Å²) in [6, 6.07) is 4.92. The lowest BCUT2D eigenvalue weighted by Gasteiger charge is -2.55. The largest absolute Gasteiger partial charge is 0.494 e. The number of ketones is 1. The minimum Gasteiger partial charge on any atom is -0.494 e. The van der Waals surface area contributed by atoms with Crippen LogP contribution in [0.3, 0.4) is 0 Å². The van der Waals surface area contributed by atoms with Gasteiger partial charge in [0.15, 0.2) is 17.3 Å². The molecule has 1 aromatic carbocycles. The zero-order chi connectivity index (χ0) is 14.6. The van der Waals surface area contributed by atoms with Crippen LogP contribution in [-0.2, 0) is 0 Å². The fourth-order valence-electron chi connectivity index (χ4n) is 5.52. The van der Waals surface area contributed by atoms with Crippen molar-refractivity contribution < 1.29 is 13.9 Å². The van der Waals surface area contributed by atoms with Gasteiger partial charge in [-0.25, -0.2) is 4.39 Å². The van der Waals surface area contributed by atoms with Crippen LogP contribution in [0.15, 0.2) is 18.2 Å². The standard InChI is InChI=1S/C18H21FO2/c1-21-15-4-2-3-14(16(15)19)17(20)18-8-11-5-12(9-18)7-13(6-11)10-18/h2-4,11-13H,5-10H2,1H3. The fraction of sp³-hybridized carbons (Fsp3) is 0.611. The highest BCUT2D eigenvalue weighted by molar-refractivity contribution is 6.01. The van der Waals surface area contributed by atoms with Gasteiger partial charge in [-0.2, -0.15) is 0 Å². The molecule has 3 heteroatoms. The number of hydrogen-bond acceptors (Lipinski definition) is 2. The molecule has 5 rings (SSSR count). The molecule has 0 aliphatic heterocycles. The number of methoxy groups -OCH3 is 1. The van der Waals surface area contributed by atoms with E-state index >= 15 is 0 Å². The number of hydrogen-bond donors (Lipinski definition) is 0. The first-order chi connectivity index (χ1) is 10.1. The molecule has 4 aliphatic rings. The summed E-state index contributed by atoms with van der Waals surface area (Å²) in [6.07, 6.45) is 6.75. The lowest BCUT2D eigenvalue weighted by molar-refractivity contribution is -0.0355. The number of carbonyl (C=O) groups is 1. The third kappa shape index (κ3) is 1.93. The van der Waals surface area contributed by atoms with Crippen molar-refractivity contribution in [3.8, 4) is 5.75 Å². The van der Waals surface area contributed by atoms with Crippen LogP contribution in [0.2, 0.25) is 0 Å². The van der Waals surface area contributed by atoms with Gasteiger partial charge in [0, 0.05) is 5.41 Å². The summed E-state index contributed by atoms with van der Waals surface area (Å²) < 4.78 is 19.5. The summed E-state index contributed by atoms with van der Waals surface area (Å²) in [5, 5.41) is 0. The molecule has 2 nitrogen and oxygen atoms in total. The highest BCUT2D eigenvalue weighted by atomic mass is 19.1. The Bertz CT molecular complexity index is 558. The normalized spacial score (nSPS) is 36.8. The van der Waals surface area contributed by atoms with E-state index in [2.05, 4.69) is 0 Å². The number of Topliss-reactive ketones (excluding diaryl/α,β-unsaturated/α-hetero) is 1. The monoisotopic (exact) mass is 288 g/mol. The molecule has 0 saturated heterocycles. The highest BCUT2D eigenvalue weighted by Crippen LogP contribution is 2.61. The molecule has 112 valence electrons. The van der Waals surface area contributed by atoms with Crippen LogP contribution in [0, 0.1) is 29.0 Å².